The predicted molar refractivity (Wildman–Crippen MR) is 129 cm³/mol. The Balaban J connectivity index is 1.93. The minimum Gasteiger partial charge on any atom is -0.444 e. The van der Waals surface area contributed by atoms with E-state index in [9.17, 15) is 14.4 Å². The van der Waals surface area contributed by atoms with Gasteiger partial charge in [0.05, 0.1) is 0 Å². The SMILES string of the molecule is Cc1cc(C(=O)NCCNC(=O)[C@H](Cc2ccccc2)NC(=O)OC(C)(C)C)cc(C)c1C. The summed E-state index contributed by atoms with van der Waals surface area (Å²) in [7, 11) is 0. The third-order valence-corrected chi connectivity index (χ3v) is 5.19. The zero-order valence-electron chi connectivity index (χ0n) is 20.4. The van der Waals surface area contributed by atoms with E-state index in [0.717, 1.165) is 16.7 Å². The average Bonchev–Trinajstić information content (AvgIpc) is 2.73. The topological polar surface area (TPSA) is 96.5 Å². The maximum absolute atomic E-state index is 12.8. The van der Waals surface area contributed by atoms with E-state index in [2.05, 4.69) is 16.0 Å². The van der Waals surface area contributed by atoms with Crippen molar-refractivity contribution in [3.63, 3.8) is 0 Å². The second-order valence-corrected chi connectivity index (χ2v) is 9.17. The number of ether oxygens (including phenoxy) is 1. The molecule has 0 saturated heterocycles. The van der Waals surface area contributed by atoms with Gasteiger partial charge in [0.25, 0.3) is 5.91 Å². The zero-order chi connectivity index (χ0) is 24.6. The van der Waals surface area contributed by atoms with E-state index < -0.39 is 17.7 Å². The number of nitrogens with one attached hydrogen (secondary N) is 3. The van der Waals surface area contributed by atoms with Crippen molar-refractivity contribution in [3.8, 4) is 0 Å². The molecule has 0 spiro atoms. The number of hydrogen-bond donors (Lipinski definition) is 3. The smallest absolute Gasteiger partial charge is 0.408 e. The van der Waals surface area contributed by atoms with Gasteiger partial charge in [-0.3, -0.25) is 9.59 Å². The summed E-state index contributed by atoms with van der Waals surface area (Å²) in [6.45, 7) is 11.8. The summed E-state index contributed by atoms with van der Waals surface area (Å²) in [4.78, 5) is 37.5. The molecular weight excluding hydrogens is 418 g/mol. The second kappa shape index (κ2) is 11.5. The van der Waals surface area contributed by atoms with E-state index >= 15 is 0 Å². The first-order chi connectivity index (χ1) is 15.5. The number of benzene rings is 2. The van der Waals surface area contributed by atoms with Crippen LogP contribution in [0, 0.1) is 20.8 Å². The number of amides is 3. The van der Waals surface area contributed by atoms with Gasteiger partial charge in [-0.1, -0.05) is 30.3 Å². The molecule has 2 rings (SSSR count). The zero-order valence-corrected chi connectivity index (χ0v) is 20.4. The highest BCUT2D eigenvalue weighted by molar-refractivity contribution is 5.94. The maximum Gasteiger partial charge on any atom is 0.408 e. The average molecular weight is 454 g/mol. The fraction of sp³-hybridized carbons (Fsp3) is 0.423. The third-order valence-electron chi connectivity index (χ3n) is 5.19. The van der Waals surface area contributed by atoms with E-state index in [1.807, 2.05) is 63.2 Å². The van der Waals surface area contributed by atoms with Crippen LogP contribution in [0.2, 0.25) is 0 Å². The Kier molecular flexibility index (Phi) is 9.02. The summed E-state index contributed by atoms with van der Waals surface area (Å²) in [6.07, 6.45) is -0.336. The van der Waals surface area contributed by atoms with Crippen molar-refractivity contribution in [2.24, 2.45) is 0 Å². The molecule has 7 heteroatoms. The lowest BCUT2D eigenvalue weighted by atomic mass is 10.0. The maximum atomic E-state index is 12.8. The minimum atomic E-state index is -0.805. The molecule has 0 aliphatic heterocycles. The van der Waals surface area contributed by atoms with Crippen molar-refractivity contribution >= 4 is 17.9 Å². The molecule has 0 radical (unpaired) electrons. The molecule has 2 aromatic rings. The Morgan fingerprint density at radius 2 is 1.48 bits per heavy atom. The molecule has 0 saturated carbocycles. The number of carbonyl (C=O) groups is 3. The van der Waals surface area contributed by atoms with Gasteiger partial charge in [0.15, 0.2) is 0 Å². The standard InChI is InChI=1S/C26H35N3O4/c1-17-14-21(15-18(2)19(17)3)23(30)27-12-13-28-24(31)22(16-20-10-8-7-9-11-20)29-25(32)33-26(4,5)6/h7-11,14-15,22H,12-13,16H2,1-6H3,(H,27,30)(H,28,31)(H,29,32)/t22-/m0/s1. The fourth-order valence-corrected chi connectivity index (χ4v) is 3.26. The van der Waals surface area contributed by atoms with Crippen LogP contribution in [-0.2, 0) is 16.0 Å². The number of carbonyl (C=O) groups excluding carboxylic acids is 3. The molecular formula is C26H35N3O4. The van der Waals surface area contributed by atoms with E-state index in [1.165, 1.54) is 5.56 Å². The molecule has 7 nitrogen and oxygen atoms in total. The number of alkyl carbamates (subject to hydrolysis) is 1. The first-order valence-electron chi connectivity index (χ1n) is 11.1. The van der Waals surface area contributed by atoms with E-state index in [4.69, 9.17) is 4.74 Å². The molecule has 0 aromatic heterocycles. The molecule has 0 fully saturated rings. The molecule has 33 heavy (non-hydrogen) atoms. The van der Waals surface area contributed by atoms with Crippen molar-refractivity contribution in [1.82, 2.24) is 16.0 Å². The summed E-state index contributed by atoms with van der Waals surface area (Å²) in [6, 6.07) is 12.3. The lowest BCUT2D eigenvalue weighted by molar-refractivity contribution is -0.123. The first-order valence-corrected chi connectivity index (χ1v) is 11.1. The van der Waals surface area contributed by atoms with Crippen LogP contribution in [0.3, 0.4) is 0 Å². The van der Waals surface area contributed by atoms with Crippen LogP contribution < -0.4 is 16.0 Å². The van der Waals surface area contributed by atoms with Gasteiger partial charge in [0.1, 0.15) is 11.6 Å². The minimum absolute atomic E-state index is 0.192. The third kappa shape index (κ3) is 8.60. The molecule has 0 heterocycles. The fourth-order valence-electron chi connectivity index (χ4n) is 3.26. The van der Waals surface area contributed by atoms with Gasteiger partial charge in [0.2, 0.25) is 5.91 Å². The summed E-state index contributed by atoms with van der Waals surface area (Å²) in [5, 5.41) is 8.26. The first kappa shape index (κ1) is 25.9. The van der Waals surface area contributed by atoms with Crippen molar-refractivity contribution in [2.75, 3.05) is 13.1 Å². The summed E-state index contributed by atoms with van der Waals surface area (Å²) in [5.74, 6) is -0.538. The number of aryl methyl sites for hydroxylation is 2. The highest BCUT2D eigenvalue weighted by atomic mass is 16.6. The summed E-state index contributed by atoms with van der Waals surface area (Å²) >= 11 is 0. The Morgan fingerprint density at radius 3 is 2.06 bits per heavy atom. The van der Waals surface area contributed by atoms with Gasteiger partial charge in [0, 0.05) is 25.1 Å². The molecule has 0 unspecified atom stereocenters. The van der Waals surface area contributed by atoms with Crippen LogP contribution in [-0.4, -0.2) is 42.6 Å². The quantitative estimate of drug-likeness (QED) is 0.532. The van der Waals surface area contributed by atoms with Crippen LogP contribution in [0.4, 0.5) is 4.79 Å². The van der Waals surface area contributed by atoms with Crippen molar-refractivity contribution in [1.29, 1.82) is 0 Å². The van der Waals surface area contributed by atoms with E-state index in [1.54, 1.807) is 20.8 Å². The van der Waals surface area contributed by atoms with Crippen LogP contribution in [0.5, 0.6) is 0 Å². The second-order valence-electron chi connectivity index (χ2n) is 9.17. The van der Waals surface area contributed by atoms with Gasteiger partial charge < -0.3 is 20.7 Å². The van der Waals surface area contributed by atoms with Gasteiger partial charge in [-0.2, -0.15) is 0 Å². The lowest BCUT2D eigenvalue weighted by Gasteiger charge is -2.23. The van der Waals surface area contributed by atoms with E-state index in [-0.39, 0.29) is 24.9 Å². The van der Waals surface area contributed by atoms with Crippen LogP contribution in [0.1, 0.15) is 53.4 Å². The molecule has 0 bridgehead atoms. The van der Waals surface area contributed by atoms with Crippen LogP contribution in [0.15, 0.2) is 42.5 Å². The molecule has 3 amide bonds. The van der Waals surface area contributed by atoms with Crippen molar-refractivity contribution < 1.29 is 19.1 Å². The molecule has 1 atom stereocenters. The van der Waals surface area contributed by atoms with Gasteiger partial charge in [-0.05, 0) is 75.9 Å². The Labute approximate surface area is 196 Å². The molecule has 0 aliphatic rings. The highest BCUT2D eigenvalue weighted by Crippen LogP contribution is 2.15. The number of rotatable bonds is 8. The van der Waals surface area contributed by atoms with Crippen molar-refractivity contribution in [2.45, 2.75) is 59.6 Å². The predicted octanol–water partition coefficient (Wildman–Crippen LogP) is 3.59. The largest absolute Gasteiger partial charge is 0.444 e. The monoisotopic (exact) mass is 453 g/mol. The van der Waals surface area contributed by atoms with Crippen LogP contribution >= 0.6 is 0 Å². The summed E-state index contributed by atoms with van der Waals surface area (Å²) < 4.78 is 5.30. The van der Waals surface area contributed by atoms with Crippen molar-refractivity contribution in [3.05, 3.63) is 70.3 Å². The lowest BCUT2D eigenvalue weighted by Crippen LogP contribution is -2.50. The molecule has 3 N–H and O–H groups in total. The number of hydrogen-bond acceptors (Lipinski definition) is 4. The highest BCUT2D eigenvalue weighted by Gasteiger charge is 2.24. The Bertz CT molecular complexity index is 958. The Morgan fingerprint density at radius 1 is 0.909 bits per heavy atom. The summed E-state index contributed by atoms with van der Waals surface area (Å²) in [5.41, 5.74) is 4.12. The molecule has 0 aliphatic carbocycles. The molecule has 2 aromatic carbocycles. The van der Waals surface area contributed by atoms with Gasteiger partial charge >= 0.3 is 6.09 Å². The van der Waals surface area contributed by atoms with E-state index in [0.29, 0.717) is 12.0 Å². The van der Waals surface area contributed by atoms with Gasteiger partial charge in [-0.15, -0.1) is 0 Å². The van der Waals surface area contributed by atoms with Gasteiger partial charge in [-0.25, -0.2) is 4.79 Å². The van der Waals surface area contributed by atoms with Crippen LogP contribution in [0.25, 0.3) is 0 Å². The Hall–Kier alpha value is -3.35. The normalized spacial score (nSPS) is 11.9. The molecule has 178 valence electrons.